The summed E-state index contributed by atoms with van der Waals surface area (Å²) in [6, 6.07) is 0.335. The SMILES string of the molecule is N=C(/C(C(N)=O)=C1/CN(C(=O)NC2CCC(F)(F)CC2)CC(C(F)F)N1)c1ccc(F)c(Cl)c1. The number of rotatable bonds is 5. The number of primary amides is 1. The Bertz CT molecular complexity index is 1010. The standard InChI is InChI=1S/C21H23ClF5N5O2/c22-12-7-10(1-2-13(12)23)17(28)16(19(29)33)14-8-32(9-15(31-14)18(24)25)20(34)30-11-3-5-21(26,27)6-4-11/h1-2,7,11,15,18,28,31H,3-6,8-9H2,(H2,29,33)(H,30,34)/b16-14+,28-17?. The number of carbonyl (C=O) groups excluding carboxylic acids is 2. The number of hydrogen-bond acceptors (Lipinski definition) is 4. The summed E-state index contributed by atoms with van der Waals surface area (Å²) in [4.78, 5) is 26.0. The number of alkyl halides is 4. The minimum Gasteiger partial charge on any atom is -0.376 e. The first kappa shape index (κ1) is 25.7. The summed E-state index contributed by atoms with van der Waals surface area (Å²) < 4.78 is 67.5. The maximum absolute atomic E-state index is 13.6. The van der Waals surface area contributed by atoms with Gasteiger partial charge in [0.2, 0.25) is 5.92 Å². The molecule has 1 aliphatic carbocycles. The molecule has 0 aromatic heterocycles. The van der Waals surface area contributed by atoms with Gasteiger partial charge in [0.05, 0.1) is 22.9 Å². The first-order valence-corrected chi connectivity index (χ1v) is 10.8. The lowest BCUT2D eigenvalue weighted by Crippen LogP contribution is -2.58. The fourth-order valence-corrected chi connectivity index (χ4v) is 4.11. The molecule has 7 nitrogen and oxygen atoms in total. The Hall–Kier alpha value is -2.89. The molecule has 3 rings (SSSR count). The van der Waals surface area contributed by atoms with Gasteiger partial charge >= 0.3 is 6.03 Å². The number of benzene rings is 1. The summed E-state index contributed by atoms with van der Waals surface area (Å²) >= 11 is 5.74. The van der Waals surface area contributed by atoms with Crippen LogP contribution in [0.4, 0.5) is 26.7 Å². The summed E-state index contributed by atoms with van der Waals surface area (Å²) in [5, 5.41) is 13.1. The number of piperazine rings is 1. The van der Waals surface area contributed by atoms with Gasteiger partial charge < -0.3 is 21.3 Å². The second kappa shape index (κ2) is 10.2. The number of hydrogen-bond donors (Lipinski definition) is 4. The van der Waals surface area contributed by atoms with Crippen molar-refractivity contribution in [1.29, 1.82) is 5.41 Å². The van der Waals surface area contributed by atoms with Gasteiger partial charge in [-0.3, -0.25) is 10.2 Å². The van der Waals surface area contributed by atoms with Gasteiger partial charge in [0.25, 0.3) is 12.3 Å². The van der Waals surface area contributed by atoms with Crippen molar-refractivity contribution in [3.63, 3.8) is 0 Å². The Morgan fingerprint density at radius 3 is 2.47 bits per heavy atom. The van der Waals surface area contributed by atoms with Gasteiger partial charge in [0, 0.05) is 36.7 Å². The molecule has 1 saturated heterocycles. The molecule has 0 spiro atoms. The first-order chi connectivity index (χ1) is 15.9. The van der Waals surface area contributed by atoms with E-state index in [9.17, 15) is 31.5 Å². The number of nitrogens with two attached hydrogens (primary N) is 1. The molecule has 5 N–H and O–H groups in total. The summed E-state index contributed by atoms with van der Waals surface area (Å²) in [6.07, 6.45) is -3.66. The maximum Gasteiger partial charge on any atom is 0.318 e. The van der Waals surface area contributed by atoms with Crippen LogP contribution in [0, 0.1) is 11.2 Å². The number of halogens is 6. The van der Waals surface area contributed by atoms with E-state index in [0.29, 0.717) is 0 Å². The zero-order chi connectivity index (χ0) is 25.2. The lowest BCUT2D eigenvalue weighted by Gasteiger charge is -2.38. The Labute approximate surface area is 197 Å². The second-order valence-electron chi connectivity index (χ2n) is 8.27. The van der Waals surface area contributed by atoms with Crippen molar-refractivity contribution < 1.29 is 31.5 Å². The molecule has 186 valence electrons. The summed E-state index contributed by atoms with van der Waals surface area (Å²) in [7, 11) is 0. The van der Waals surface area contributed by atoms with Crippen LogP contribution in [0.5, 0.6) is 0 Å². The van der Waals surface area contributed by atoms with Gasteiger partial charge in [0.15, 0.2) is 0 Å². The van der Waals surface area contributed by atoms with E-state index < -0.39 is 72.9 Å². The van der Waals surface area contributed by atoms with Crippen LogP contribution < -0.4 is 16.4 Å². The van der Waals surface area contributed by atoms with E-state index in [4.69, 9.17) is 22.7 Å². The molecular formula is C21H23ClF5N5O2. The zero-order valence-electron chi connectivity index (χ0n) is 17.8. The molecule has 1 aromatic carbocycles. The van der Waals surface area contributed by atoms with Crippen LogP contribution in [0.1, 0.15) is 31.2 Å². The van der Waals surface area contributed by atoms with Crippen LogP contribution in [0.2, 0.25) is 5.02 Å². The Morgan fingerprint density at radius 1 is 1.26 bits per heavy atom. The van der Waals surface area contributed by atoms with Crippen molar-refractivity contribution in [2.45, 2.75) is 50.1 Å². The van der Waals surface area contributed by atoms with Gasteiger partial charge in [-0.1, -0.05) is 11.6 Å². The lowest BCUT2D eigenvalue weighted by atomic mass is 9.92. The minimum atomic E-state index is -2.94. The Morgan fingerprint density at radius 2 is 1.91 bits per heavy atom. The normalized spacial score (nSPS) is 22.2. The topological polar surface area (TPSA) is 111 Å². The highest BCUT2D eigenvalue weighted by Crippen LogP contribution is 2.33. The molecule has 13 heteroatoms. The van der Waals surface area contributed by atoms with Gasteiger partial charge in [-0.25, -0.2) is 26.7 Å². The molecule has 3 amide bonds. The minimum absolute atomic E-state index is 0.00723. The number of nitrogens with one attached hydrogen (secondary N) is 3. The third-order valence-corrected chi connectivity index (χ3v) is 6.06. The van der Waals surface area contributed by atoms with E-state index >= 15 is 0 Å². The van der Waals surface area contributed by atoms with E-state index in [1.807, 2.05) is 0 Å². The molecular weight excluding hydrogens is 485 g/mol. The smallest absolute Gasteiger partial charge is 0.318 e. The third kappa shape index (κ3) is 5.96. The van der Waals surface area contributed by atoms with Crippen molar-refractivity contribution in [1.82, 2.24) is 15.5 Å². The zero-order valence-corrected chi connectivity index (χ0v) is 18.6. The monoisotopic (exact) mass is 507 g/mol. The molecule has 1 aliphatic heterocycles. The summed E-state index contributed by atoms with van der Waals surface area (Å²) in [6.45, 7) is -0.800. The van der Waals surface area contributed by atoms with Crippen LogP contribution in [0.3, 0.4) is 0 Å². The molecule has 1 heterocycles. The van der Waals surface area contributed by atoms with Crippen molar-refractivity contribution >= 4 is 29.3 Å². The number of urea groups is 1. The number of amides is 3. The van der Waals surface area contributed by atoms with E-state index in [1.54, 1.807) is 0 Å². The van der Waals surface area contributed by atoms with Crippen LogP contribution in [-0.2, 0) is 4.79 Å². The van der Waals surface area contributed by atoms with Crippen LogP contribution in [0.15, 0.2) is 29.5 Å². The predicted octanol–water partition coefficient (Wildman–Crippen LogP) is 3.41. The molecule has 2 fully saturated rings. The average Bonchev–Trinajstić information content (AvgIpc) is 2.76. The Balaban J connectivity index is 1.87. The average molecular weight is 508 g/mol. The first-order valence-electron chi connectivity index (χ1n) is 10.4. The number of nitrogens with zero attached hydrogens (tertiary/aromatic N) is 1. The van der Waals surface area contributed by atoms with E-state index in [2.05, 4.69) is 10.6 Å². The fraction of sp³-hybridized carbons (Fsp3) is 0.476. The quantitative estimate of drug-likeness (QED) is 0.278. The molecule has 0 bridgehead atoms. The van der Waals surface area contributed by atoms with Gasteiger partial charge in [-0.05, 0) is 31.0 Å². The predicted molar refractivity (Wildman–Crippen MR) is 115 cm³/mol. The van der Waals surface area contributed by atoms with Crippen molar-refractivity contribution in [3.8, 4) is 0 Å². The highest BCUT2D eigenvalue weighted by Gasteiger charge is 2.38. The molecule has 0 radical (unpaired) electrons. The van der Waals surface area contributed by atoms with Crippen molar-refractivity contribution in [2.75, 3.05) is 13.1 Å². The van der Waals surface area contributed by atoms with Gasteiger partial charge in [-0.2, -0.15) is 0 Å². The lowest BCUT2D eigenvalue weighted by molar-refractivity contribution is -0.114. The van der Waals surface area contributed by atoms with E-state index in [0.717, 1.165) is 17.0 Å². The van der Waals surface area contributed by atoms with Crippen LogP contribution in [-0.4, -0.2) is 60.1 Å². The highest BCUT2D eigenvalue weighted by atomic mass is 35.5. The van der Waals surface area contributed by atoms with Crippen molar-refractivity contribution in [3.05, 3.63) is 45.9 Å². The molecule has 1 atom stereocenters. The maximum atomic E-state index is 13.6. The van der Waals surface area contributed by atoms with Gasteiger partial charge in [0.1, 0.15) is 11.9 Å². The Kier molecular flexibility index (Phi) is 7.69. The highest BCUT2D eigenvalue weighted by molar-refractivity contribution is 6.32. The molecule has 1 unspecified atom stereocenters. The van der Waals surface area contributed by atoms with Gasteiger partial charge in [-0.15, -0.1) is 0 Å². The van der Waals surface area contributed by atoms with E-state index in [1.165, 1.54) is 6.07 Å². The fourth-order valence-electron chi connectivity index (χ4n) is 3.93. The summed E-state index contributed by atoms with van der Waals surface area (Å²) in [5.41, 5.74) is 4.27. The molecule has 1 aromatic rings. The molecule has 2 aliphatic rings. The van der Waals surface area contributed by atoms with Crippen LogP contribution >= 0.6 is 11.6 Å². The largest absolute Gasteiger partial charge is 0.376 e. The van der Waals surface area contributed by atoms with Crippen LogP contribution in [0.25, 0.3) is 0 Å². The number of carbonyl (C=O) groups is 2. The van der Waals surface area contributed by atoms with Crippen molar-refractivity contribution in [2.24, 2.45) is 5.73 Å². The summed E-state index contributed by atoms with van der Waals surface area (Å²) in [5.74, 6) is -4.69. The third-order valence-electron chi connectivity index (χ3n) is 5.77. The molecule has 1 saturated carbocycles. The van der Waals surface area contributed by atoms with E-state index in [-0.39, 0.29) is 35.7 Å². The molecule has 34 heavy (non-hydrogen) atoms. The second-order valence-corrected chi connectivity index (χ2v) is 8.67.